The predicted octanol–water partition coefficient (Wildman–Crippen LogP) is 2.80. The molecule has 5 N–H and O–H groups in total. The summed E-state index contributed by atoms with van der Waals surface area (Å²) in [5.74, 6) is 0.438. The van der Waals surface area contributed by atoms with Crippen molar-refractivity contribution in [3.63, 3.8) is 0 Å². The van der Waals surface area contributed by atoms with Gasteiger partial charge in [0.25, 0.3) is 11.8 Å². The van der Waals surface area contributed by atoms with E-state index >= 15 is 0 Å². The Bertz CT molecular complexity index is 1970. The van der Waals surface area contributed by atoms with Gasteiger partial charge in [0.1, 0.15) is 11.6 Å². The van der Waals surface area contributed by atoms with Crippen LogP contribution in [0.2, 0.25) is 0 Å². The summed E-state index contributed by atoms with van der Waals surface area (Å²) >= 11 is 0. The minimum Gasteiger partial charge on any atom is -0.469 e. The number of nitrogens with zero attached hydrogens (tertiary/aromatic N) is 4. The van der Waals surface area contributed by atoms with Crippen LogP contribution < -0.4 is 16.0 Å². The molecule has 5 rings (SSSR count). The molecule has 0 radical (unpaired) electrons. The van der Waals surface area contributed by atoms with Crippen molar-refractivity contribution < 1.29 is 23.9 Å². The van der Waals surface area contributed by atoms with Gasteiger partial charge in [-0.05, 0) is 57.5 Å². The van der Waals surface area contributed by atoms with Crippen molar-refractivity contribution in [1.82, 2.24) is 45.7 Å². The first-order valence-corrected chi connectivity index (χ1v) is 16.4. The third-order valence-corrected chi connectivity index (χ3v) is 8.14. The maximum absolute atomic E-state index is 12.9. The molecule has 3 amide bonds. The second-order valence-corrected chi connectivity index (χ2v) is 12.3. The summed E-state index contributed by atoms with van der Waals surface area (Å²) in [5, 5.41) is 8.65. The molecule has 14 nitrogen and oxygen atoms in total. The first-order chi connectivity index (χ1) is 24.1. The highest BCUT2D eigenvalue weighted by atomic mass is 16.5. The van der Waals surface area contributed by atoms with Crippen LogP contribution in [-0.2, 0) is 14.3 Å². The fourth-order valence-electron chi connectivity index (χ4n) is 5.22. The topological polar surface area (TPSA) is 177 Å². The van der Waals surface area contributed by atoms with Crippen molar-refractivity contribution >= 4 is 45.8 Å². The van der Waals surface area contributed by atoms with E-state index in [4.69, 9.17) is 9.97 Å². The maximum Gasteiger partial charge on any atom is 0.306 e. The van der Waals surface area contributed by atoms with Crippen LogP contribution in [0.4, 0.5) is 0 Å². The number of aromatic amines is 2. The minimum atomic E-state index is -0.415. The molecule has 0 fully saturated rings. The molecule has 5 aromatic rings. The van der Waals surface area contributed by atoms with Crippen molar-refractivity contribution in [3.8, 4) is 22.8 Å². The van der Waals surface area contributed by atoms with Gasteiger partial charge in [0.05, 0.1) is 35.6 Å². The number of fused-ring (bicyclic) bond motifs is 2. The van der Waals surface area contributed by atoms with Gasteiger partial charge in [-0.3, -0.25) is 19.2 Å². The van der Waals surface area contributed by atoms with E-state index in [9.17, 15) is 19.2 Å². The van der Waals surface area contributed by atoms with Gasteiger partial charge in [0.2, 0.25) is 5.91 Å². The Balaban J connectivity index is 1.13. The zero-order valence-electron chi connectivity index (χ0n) is 28.8. The predicted molar refractivity (Wildman–Crippen MR) is 192 cm³/mol. The molecule has 0 unspecified atom stereocenters. The number of carbonyl (C=O) groups is 4. The lowest BCUT2D eigenvalue weighted by Crippen LogP contribution is -2.37. The van der Waals surface area contributed by atoms with Crippen molar-refractivity contribution in [2.24, 2.45) is 0 Å². The first-order valence-electron chi connectivity index (χ1n) is 16.4. The van der Waals surface area contributed by atoms with E-state index in [1.807, 2.05) is 73.4 Å². The van der Waals surface area contributed by atoms with E-state index < -0.39 is 5.97 Å². The van der Waals surface area contributed by atoms with Gasteiger partial charge in [0.15, 0.2) is 0 Å². The number of hydrogen-bond acceptors (Lipinski definition) is 9. The molecule has 0 saturated carbocycles. The molecular weight excluding hydrogens is 638 g/mol. The SMILES string of the molecule is COC(=O)CCC(=O)NCCN(C)CCNC(=O)c1ccc2nc(-c3ccc(-c4nc5ccc(C(=O)NCCN(C)C)cc5[nH]4)cc3)[nH]c2c1. The van der Waals surface area contributed by atoms with E-state index in [2.05, 4.69) is 30.7 Å². The zero-order chi connectivity index (χ0) is 35.6. The summed E-state index contributed by atoms with van der Waals surface area (Å²) in [6, 6.07) is 18.6. The zero-order valence-corrected chi connectivity index (χ0v) is 28.8. The van der Waals surface area contributed by atoms with Gasteiger partial charge in [-0.2, -0.15) is 0 Å². The van der Waals surface area contributed by atoms with E-state index in [-0.39, 0.29) is 30.6 Å². The number of likely N-dealkylation sites (N-methyl/N-ethyl adjacent to an activating group) is 2. The Kier molecular flexibility index (Phi) is 11.9. The largest absolute Gasteiger partial charge is 0.469 e. The summed E-state index contributed by atoms with van der Waals surface area (Å²) in [4.78, 5) is 68.5. The molecular formula is C36H43N9O5. The van der Waals surface area contributed by atoms with E-state index in [0.717, 1.165) is 39.7 Å². The molecule has 2 heterocycles. The molecule has 0 saturated heterocycles. The van der Waals surface area contributed by atoms with Crippen LogP contribution in [0.3, 0.4) is 0 Å². The quantitative estimate of drug-likeness (QED) is 0.0981. The molecule has 0 atom stereocenters. The van der Waals surface area contributed by atoms with Gasteiger partial charge >= 0.3 is 5.97 Å². The highest BCUT2D eigenvalue weighted by Crippen LogP contribution is 2.26. The number of amides is 3. The van der Waals surface area contributed by atoms with Gasteiger partial charge < -0.3 is 40.5 Å². The summed E-state index contributed by atoms with van der Waals surface area (Å²) < 4.78 is 4.54. The van der Waals surface area contributed by atoms with Crippen molar-refractivity contribution in [1.29, 1.82) is 0 Å². The number of rotatable bonds is 16. The third-order valence-electron chi connectivity index (χ3n) is 8.14. The lowest BCUT2D eigenvalue weighted by atomic mass is 10.1. The molecule has 0 aliphatic heterocycles. The van der Waals surface area contributed by atoms with Crippen LogP contribution in [0, 0.1) is 0 Å². The number of nitrogens with one attached hydrogen (secondary N) is 5. The summed E-state index contributed by atoms with van der Waals surface area (Å²) in [6.07, 6.45) is 0.143. The second kappa shape index (κ2) is 16.7. The van der Waals surface area contributed by atoms with Crippen LogP contribution in [0.25, 0.3) is 44.8 Å². The molecule has 0 bridgehead atoms. The first kappa shape index (κ1) is 35.7. The molecule has 2 aromatic heterocycles. The Morgan fingerprint density at radius 1 is 0.660 bits per heavy atom. The molecule has 262 valence electrons. The lowest BCUT2D eigenvalue weighted by molar-refractivity contribution is -0.142. The highest BCUT2D eigenvalue weighted by molar-refractivity contribution is 5.98. The molecule has 14 heteroatoms. The minimum absolute atomic E-state index is 0.0526. The van der Waals surface area contributed by atoms with E-state index in [1.165, 1.54) is 7.11 Å². The summed E-state index contributed by atoms with van der Waals surface area (Å²) in [5.41, 5.74) is 5.91. The number of aromatic nitrogens is 4. The van der Waals surface area contributed by atoms with Crippen molar-refractivity contribution in [2.45, 2.75) is 12.8 Å². The average molecular weight is 682 g/mol. The van der Waals surface area contributed by atoms with Gasteiger partial charge in [-0.25, -0.2) is 9.97 Å². The van der Waals surface area contributed by atoms with Crippen LogP contribution in [0.5, 0.6) is 0 Å². The molecule has 0 aliphatic carbocycles. The van der Waals surface area contributed by atoms with Gasteiger partial charge in [-0.1, -0.05) is 24.3 Å². The van der Waals surface area contributed by atoms with Crippen LogP contribution >= 0.6 is 0 Å². The number of imidazole rings is 2. The molecule has 0 aliphatic rings. The fraction of sp³-hybridized carbons (Fsp3) is 0.333. The fourth-order valence-corrected chi connectivity index (χ4v) is 5.22. The number of hydrogen-bond donors (Lipinski definition) is 5. The number of methoxy groups -OCH3 is 1. The average Bonchev–Trinajstić information content (AvgIpc) is 3.74. The third kappa shape index (κ3) is 9.51. The standard InChI is InChI=1S/C36H43N9O5/c1-44(2)18-15-38-35(48)25-9-11-27-29(21-25)42-33(40-27)23-5-7-24(8-6-23)34-41-28-12-10-26(22-30(28)43-34)36(49)39-17-20-45(3)19-16-37-31(46)13-14-32(47)50-4/h5-12,21-22H,13-20H2,1-4H3,(H,37,46)(H,38,48)(H,39,49)(H,40,42)(H,41,43). The summed E-state index contributed by atoms with van der Waals surface area (Å²) in [6.45, 7) is 3.40. The summed E-state index contributed by atoms with van der Waals surface area (Å²) in [7, 11) is 7.12. The Morgan fingerprint density at radius 3 is 1.62 bits per heavy atom. The lowest BCUT2D eigenvalue weighted by Gasteiger charge is -2.17. The van der Waals surface area contributed by atoms with Crippen LogP contribution in [0.15, 0.2) is 60.7 Å². The Morgan fingerprint density at radius 2 is 1.14 bits per heavy atom. The molecule has 3 aromatic carbocycles. The van der Waals surface area contributed by atoms with Crippen molar-refractivity contribution in [2.75, 3.05) is 67.5 Å². The monoisotopic (exact) mass is 681 g/mol. The smallest absolute Gasteiger partial charge is 0.306 e. The normalized spacial score (nSPS) is 11.3. The van der Waals surface area contributed by atoms with E-state index in [1.54, 1.807) is 18.2 Å². The number of ether oxygens (including phenoxy) is 1. The Hall–Kier alpha value is -5.60. The van der Waals surface area contributed by atoms with Crippen LogP contribution in [-0.4, -0.2) is 121 Å². The van der Waals surface area contributed by atoms with Gasteiger partial charge in [0, 0.05) is 67.9 Å². The second-order valence-electron chi connectivity index (χ2n) is 12.3. The maximum atomic E-state index is 12.9. The number of H-pyrrole nitrogens is 2. The highest BCUT2D eigenvalue weighted by Gasteiger charge is 2.13. The molecule has 50 heavy (non-hydrogen) atoms. The number of esters is 1. The number of carbonyl (C=O) groups excluding carboxylic acids is 4. The van der Waals surface area contributed by atoms with Gasteiger partial charge in [-0.15, -0.1) is 0 Å². The van der Waals surface area contributed by atoms with Crippen molar-refractivity contribution in [3.05, 3.63) is 71.8 Å². The Labute approximate surface area is 290 Å². The van der Waals surface area contributed by atoms with Crippen LogP contribution in [0.1, 0.15) is 33.6 Å². The van der Waals surface area contributed by atoms with E-state index in [0.29, 0.717) is 55.5 Å². The molecule has 0 spiro atoms. The number of benzene rings is 3.